The fourth-order valence-electron chi connectivity index (χ4n) is 2.17. The molecule has 2 radical (unpaired) electrons. The minimum absolute atomic E-state index is 1.10. The van der Waals surface area contributed by atoms with E-state index in [0.717, 1.165) is 12.8 Å². The third-order valence-electron chi connectivity index (χ3n) is 3.41. The van der Waals surface area contributed by atoms with Gasteiger partial charge < -0.3 is 0 Å². The second-order valence-corrected chi connectivity index (χ2v) is 5.29. The number of hydrogen-bond donors (Lipinski definition) is 0. The Balaban J connectivity index is 2.99. The van der Waals surface area contributed by atoms with Gasteiger partial charge in [0.2, 0.25) is 0 Å². The Kier molecular flexibility index (Phi) is 16.5. The predicted molar refractivity (Wildman–Crippen MR) is 84.5 cm³/mol. The minimum Gasteiger partial charge on any atom is -0.0885 e. The van der Waals surface area contributed by atoms with Crippen LogP contribution in [-0.4, -0.2) is 0 Å². The topological polar surface area (TPSA) is 0 Å². The molecule has 0 aliphatic carbocycles. The van der Waals surface area contributed by atoms with Crippen LogP contribution in [0.25, 0.3) is 0 Å². The van der Waals surface area contributed by atoms with Crippen LogP contribution in [0.5, 0.6) is 0 Å². The molecule has 0 rings (SSSR count). The van der Waals surface area contributed by atoms with Gasteiger partial charge in [0.25, 0.3) is 0 Å². The molecule has 0 aromatic heterocycles. The quantitative estimate of drug-likeness (QED) is 0.238. The molecule has 0 nitrogen and oxygen atoms in total. The van der Waals surface area contributed by atoms with E-state index >= 15 is 0 Å². The number of rotatable bonds is 14. The molecule has 0 heteroatoms. The Morgan fingerprint density at radius 1 is 0.444 bits per heavy atom. The summed E-state index contributed by atoms with van der Waals surface area (Å²) in [5.74, 6) is 0. The van der Waals surface area contributed by atoms with Gasteiger partial charge in [-0.25, -0.2) is 0 Å². The zero-order valence-electron chi connectivity index (χ0n) is 12.5. The van der Waals surface area contributed by atoms with Gasteiger partial charge in [-0.15, -0.1) is 0 Å². The summed E-state index contributed by atoms with van der Waals surface area (Å²) in [5, 5.41) is 0. The maximum atomic E-state index is 3.87. The molecule has 0 unspecified atom stereocenters. The monoisotopic (exact) mass is 250 g/mol. The first kappa shape index (κ1) is 17.7. The van der Waals surface area contributed by atoms with Gasteiger partial charge in [0.15, 0.2) is 0 Å². The van der Waals surface area contributed by atoms with Crippen LogP contribution in [0.2, 0.25) is 0 Å². The molecule has 0 aromatic rings. The summed E-state index contributed by atoms with van der Waals surface area (Å²) in [6, 6.07) is 0. The highest BCUT2D eigenvalue weighted by molar-refractivity contribution is 4.81. The van der Waals surface area contributed by atoms with E-state index in [9.17, 15) is 0 Å². The molecule has 106 valence electrons. The maximum Gasteiger partial charge on any atom is -0.0351 e. The fraction of sp³-hybridized carbons (Fsp3) is 0.778. The summed E-state index contributed by atoms with van der Waals surface area (Å²) in [6.07, 6.45) is 23.3. The smallest absolute Gasteiger partial charge is 0.0351 e. The molecule has 0 N–H and O–H groups in total. The highest BCUT2D eigenvalue weighted by Crippen LogP contribution is 2.10. The third-order valence-corrected chi connectivity index (χ3v) is 3.41. The highest BCUT2D eigenvalue weighted by atomic mass is 14.0. The molecule has 0 bridgehead atoms. The van der Waals surface area contributed by atoms with E-state index in [-0.39, 0.29) is 0 Å². The highest BCUT2D eigenvalue weighted by Gasteiger charge is 1.90. The van der Waals surface area contributed by atoms with E-state index < -0.39 is 0 Å². The van der Waals surface area contributed by atoms with Crippen molar-refractivity contribution in [3.05, 3.63) is 26.0 Å². The van der Waals surface area contributed by atoms with Crippen molar-refractivity contribution in [2.45, 2.75) is 89.9 Å². The lowest BCUT2D eigenvalue weighted by Crippen LogP contribution is -1.80. The van der Waals surface area contributed by atoms with Crippen molar-refractivity contribution < 1.29 is 0 Å². The predicted octanol–water partition coefficient (Wildman–Crippen LogP) is 6.67. The molecule has 0 aliphatic heterocycles. The van der Waals surface area contributed by atoms with Crippen molar-refractivity contribution in [1.29, 1.82) is 0 Å². The zero-order chi connectivity index (χ0) is 13.3. The Hall–Kier alpha value is -0.260. The molecule has 0 heterocycles. The maximum absolute atomic E-state index is 3.87. The first-order chi connectivity index (χ1) is 8.91. The molecule has 18 heavy (non-hydrogen) atoms. The van der Waals surface area contributed by atoms with Crippen LogP contribution in [0.1, 0.15) is 89.9 Å². The summed E-state index contributed by atoms with van der Waals surface area (Å²) < 4.78 is 0. The second kappa shape index (κ2) is 16.7. The van der Waals surface area contributed by atoms with E-state index in [0.29, 0.717) is 0 Å². The van der Waals surface area contributed by atoms with E-state index in [2.05, 4.69) is 26.0 Å². The molecule has 0 aliphatic rings. The van der Waals surface area contributed by atoms with Crippen molar-refractivity contribution >= 4 is 0 Å². The molecule has 0 saturated carbocycles. The van der Waals surface area contributed by atoms with Crippen LogP contribution in [0.4, 0.5) is 0 Å². The first-order valence-corrected chi connectivity index (χ1v) is 8.15. The van der Waals surface area contributed by atoms with E-state index in [1.54, 1.807) is 0 Å². The van der Waals surface area contributed by atoms with Crippen molar-refractivity contribution in [2.75, 3.05) is 0 Å². The summed E-state index contributed by atoms with van der Waals surface area (Å²) in [5.41, 5.74) is 0. The minimum atomic E-state index is 1.10. The summed E-state index contributed by atoms with van der Waals surface area (Å²) >= 11 is 0. The first-order valence-electron chi connectivity index (χ1n) is 8.15. The number of unbranched alkanes of at least 4 members (excludes halogenated alkanes) is 12. The molecular weight excluding hydrogens is 216 g/mol. The average molecular weight is 250 g/mol. The van der Waals surface area contributed by atoms with Gasteiger partial charge in [-0.1, -0.05) is 90.2 Å². The molecule has 0 aromatic carbocycles. The van der Waals surface area contributed by atoms with Crippen LogP contribution in [0.3, 0.4) is 0 Å². The average Bonchev–Trinajstić information content (AvgIpc) is 2.39. The largest absolute Gasteiger partial charge is 0.0885 e. The fourth-order valence-corrected chi connectivity index (χ4v) is 2.17. The molecule has 0 fully saturated rings. The van der Waals surface area contributed by atoms with Gasteiger partial charge >= 0.3 is 0 Å². The van der Waals surface area contributed by atoms with Crippen LogP contribution >= 0.6 is 0 Å². The number of hydrogen-bond acceptors (Lipinski definition) is 0. The van der Waals surface area contributed by atoms with Crippen molar-refractivity contribution in [3.8, 4) is 0 Å². The standard InChI is InChI=1S/C18H34/c1-3-5-7-9-11-13-15-17-18-16-14-12-10-8-6-4-2/h13,15H,1-12,14,16-18H2. The second-order valence-electron chi connectivity index (χ2n) is 5.29. The third kappa shape index (κ3) is 15.7. The lowest BCUT2D eigenvalue weighted by molar-refractivity contribution is 0.583. The van der Waals surface area contributed by atoms with Crippen molar-refractivity contribution in [2.24, 2.45) is 0 Å². The van der Waals surface area contributed by atoms with Gasteiger partial charge in [0.1, 0.15) is 0 Å². The van der Waals surface area contributed by atoms with Crippen molar-refractivity contribution in [3.63, 3.8) is 0 Å². The molecule has 0 spiro atoms. The lowest BCUT2D eigenvalue weighted by Gasteiger charge is -1.99. The Bertz CT molecular complexity index is 157. The van der Waals surface area contributed by atoms with E-state index in [4.69, 9.17) is 0 Å². The van der Waals surface area contributed by atoms with Gasteiger partial charge in [-0.05, 0) is 25.7 Å². The van der Waals surface area contributed by atoms with Crippen LogP contribution in [0, 0.1) is 13.8 Å². The SMILES string of the molecule is [CH2]CCCCCC=CCCCCCCCCC[CH2]. The Morgan fingerprint density at radius 3 is 1.22 bits per heavy atom. The van der Waals surface area contributed by atoms with Gasteiger partial charge in [0.05, 0.1) is 0 Å². The molecule has 0 saturated heterocycles. The molecule has 0 amide bonds. The van der Waals surface area contributed by atoms with Gasteiger partial charge in [-0.2, -0.15) is 0 Å². The molecule has 0 atom stereocenters. The van der Waals surface area contributed by atoms with Gasteiger partial charge in [-0.3, -0.25) is 0 Å². The van der Waals surface area contributed by atoms with Gasteiger partial charge in [0, 0.05) is 0 Å². The van der Waals surface area contributed by atoms with E-state index in [1.165, 1.54) is 77.0 Å². The van der Waals surface area contributed by atoms with Crippen molar-refractivity contribution in [1.82, 2.24) is 0 Å². The molecular formula is C18H34. The normalized spacial score (nSPS) is 11.4. The van der Waals surface area contributed by atoms with Crippen LogP contribution in [-0.2, 0) is 0 Å². The van der Waals surface area contributed by atoms with E-state index in [1.807, 2.05) is 0 Å². The van der Waals surface area contributed by atoms with Crippen LogP contribution < -0.4 is 0 Å². The lowest BCUT2D eigenvalue weighted by atomic mass is 10.1. The summed E-state index contributed by atoms with van der Waals surface area (Å²) in [4.78, 5) is 0. The van der Waals surface area contributed by atoms with Crippen LogP contribution in [0.15, 0.2) is 12.2 Å². The summed E-state index contributed by atoms with van der Waals surface area (Å²) in [7, 11) is 0. The Labute approximate surface area is 116 Å². The Morgan fingerprint density at radius 2 is 0.778 bits per heavy atom. The summed E-state index contributed by atoms with van der Waals surface area (Å²) in [6.45, 7) is 7.74. The number of allylic oxidation sites excluding steroid dienone is 2. The zero-order valence-corrected chi connectivity index (χ0v) is 12.5.